The molecule has 0 saturated carbocycles. The first kappa shape index (κ1) is 21.5. The molecule has 0 atom stereocenters. The Morgan fingerprint density at radius 3 is 1.19 bits per heavy atom. The summed E-state index contributed by atoms with van der Waals surface area (Å²) < 4.78 is 74.0. The van der Waals surface area contributed by atoms with Crippen molar-refractivity contribution in [3.05, 3.63) is 59.7 Å². The van der Waals surface area contributed by atoms with Crippen LogP contribution in [0.4, 0.5) is 7.77 Å². The van der Waals surface area contributed by atoms with Gasteiger partial charge in [-0.1, -0.05) is 21.6 Å². The number of hydrogen-bond donors (Lipinski definition) is 0. The fraction of sp³-hybridized carbons (Fsp3) is 0.133. The van der Waals surface area contributed by atoms with E-state index in [0.29, 0.717) is 0 Å². The lowest BCUT2D eigenvalue weighted by atomic mass is 10.0. The van der Waals surface area contributed by atoms with Crippen LogP contribution in [0.15, 0.2) is 48.5 Å². The van der Waals surface area contributed by atoms with E-state index >= 15 is 0 Å². The largest absolute Gasteiger partial charge is 0.488 e. The van der Waals surface area contributed by atoms with E-state index in [9.17, 15) is 29.4 Å². The van der Waals surface area contributed by atoms with Crippen LogP contribution < -0.4 is 8.37 Å². The van der Waals surface area contributed by atoms with Gasteiger partial charge < -0.3 is 8.37 Å². The highest BCUT2D eigenvalue weighted by atomic mass is 32.3. The zero-order chi connectivity index (χ0) is 20.0. The molecule has 0 aliphatic carbocycles. The predicted octanol–water partition coefficient (Wildman–Crippen LogP) is 3.13. The molecule has 0 N–H and O–H groups in total. The summed E-state index contributed by atoms with van der Waals surface area (Å²) in [5.74, 6) is -1.13. The second-order valence-corrected chi connectivity index (χ2v) is 6.24. The van der Waals surface area contributed by atoms with E-state index in [2.05, 4.69) is 8.37 Å². The molecule has 0 aromatic heterocycles. The number of benzene rings is 2. The highest BCUT2D eigenvalue weighted by molar-refractivity contribution is 7.82. The second kappa shape index (κ2) is 8.72. The lowest BCUT2D eigenvalue weighted by Crippen LogP contribution is -2.04. The predicted molar refractivity (Wildman–Crippen MR) is 89.0 cm³/mol. The Morgan fingerprint density at radius 2 is 0.962 bits per heavy atom. The van der Waals surface area contributed by atoms with Gasteiger partial charge in [0, 0.05) is 11.1 Å². The highest BCUT2D eigenvalue weighted by Crippen LogP contribution is 2.20. The second-order valence-electron chi connectivity index (χ2n) is 4.33. The molecule has 2 aromatic carbocycles. The summed E-state index contributed by atoms with van der Waals surface area (Å²) in [6, 6.07) is 9.15. The molecule has 0 fully saturated rings. The quantitative estimate of drug-likeness (QED) is 0.534. The van der Waals surface area contributed by atoms with Crippen LogP contribution >= 0.6 is 0 Å². The van der Waals surface area contributed by atoms with Crippen LogP contribution in [-0.4, -0.2) is 22.6 Å². The Balaban J connectivity index is 0.00000163. The monoisotopic (exact) mass is 408 g/mol. The van der Waals surface area contributed by atoms with Crippen LogP contribution in [0.1, 0.15) is 29.8 Å². The van der Waals surface area contributed by atoms with E-state index in [1.807, 2.05) is 13.8 Å². The number of carbonyl (C=O) groups is 1. The summed E-state index contributed by atoms with van der Waals surface area (Å²) >= 11 is 0. The van der Waals surface area contributed by atoms with Crippen molar-refractivity contribution in [2.24, 2.45) is 0 Å². The normalized spacial score (nSPS) is 11.1. The van der Waals surface area contributed by atoms with Crippen molar-refractivity contribution < 1.29 is 37.8 Å². The molecule has 2 aromatic rings. The third-order valence-electron chi connectivity index (χ3n) is 2.62. The molecule has 0 amide bonds. The molecule has 7 nitrogen and oxygen atoms in total. The zero-order valence-corrected chi connectivity index (χ0v) is 15.2. The first-order valence-corrected chi connectivity index (χ1v) is 9.68. The first-order valence-electron chi connectivity index (χ1n) is 7.06. The smallest absolute Gasteiger partial charge is 0.358 e. The van der Waals surface area contributed by atoms with Crippen molar-refractivity contribution in [2.75, 3.05) is 0 Å². The van der Waals surface area contributed by atoms with Gasteiger partial charge in [0.15, 0.2) is 5.78 Å². The van der Waals surface area contributed by atoms with Gasteiger partial charge >= 0.3 is 21.0 Å². The molecule has 26 heavy (non-hydrogen) atoms. The van der Waals surface area contributed by atoms with E-state index in [4.69, 9.17) is 0 Å². The molecular weight excluding hydrogens is 394 g/mol. The van der Waals surface area contributed by atoms with Gasteiger partial charge in [0.2, 0.25) is 0 Å². The summed E-state index contributed by atoms with van der Waals surface area (Å²) in [7, 11) is -10.3. The maximum Gasteiger partial charge on any atom is 0.488 e. The highest BCUT2D eigenvalue weighted by Gasteiger charge is 2.14. The third kappa shape index (κ3) is 7.15. The van der Waals surface area contributed by atoms with E-state index in [-0.39, 0.29) is 22.6 Å². The van der Waals surface area contributed by atoms with Gasteiger partial charge in [0.25, 0.3) is 0 Å². The lowest BCUT2D eigenvalue weighted by molar-refractivity contribution is 0.103. The van der Waals surface area contributed by atoms with Crippen LogP contribution in [0, 0.1) is 0 Å². The van der Waals surface area contributed by atoms with Gasteiger partial charge in [0.1, 0.15) is 11.5 Å². The Morgan fingerprint density at radius 1 is 0.692 bits per heavy atom. The van der Waals surface area contributed by atoms with Gasteiger partial charge in [-0.3, -0.25) is 4.79 Å². The number of ketones is 1. The van der Waals surface area contributed by atoms with Crippen molar-refractivity contribution in [3.63, 3.8) is 0 Å². The molecule has 0 radical (unpaired) electrons. The van der Waals surface area contributed by atoms with Crippen molar-refractivity contribution in [2.45, 2.75) is 13.8 Å². The molecule has 0 bridgehead atoms. The summed E-state index contributed by atoms with van der Waals surface area (Å²) in [5, 5.41) is 0. The van der Waals surface area contributed by atoms with Gasteiger partial charge in [-0.05, 0) is 48.5 Å². The summed E-state index contributed by atoms with van der Waals surface area (Å²) in [6.07, 6.45) is 0. The molecule has 0 aliphatic heterocycles. The minimum Gasteiger partial charge on any atom is -0.358 e. The number of carbonyl (C=O) groups excluding carboxylic acids is 1. The molecule has 0 aliphatic rings. The lowest BCUT2D eigenvalue weighted by Gasteiger charge is -2.04. The van der Waals surface area contributed by atoms with Gasteiger partial charge in [-0.15, -0.1) is 0 Å². The molecule has 142 valence electrons. The molecule has 0 saturated heterocycles. The van der Waals surface area contributed by atoms with Crippen LogP contribution in [-0.2, 0) is 21.0 Å². The summed E-state index contributed by atoms with van der Waals surface area (Å²) in [5.41, 5.74) is 0.260. The van der Waals surface area contributed by atoms with E-state index < -0.39 is 26.8 Å². The van der Waals surface area contributed by atoms with Crippen LogP contribution in [0.5, 0.6) is 11.5 Å². The maximum absolute atomic E-state index is 12.4. The van der Waals surface area contributed by atoms with Gasteiger partial charge in [-0.2, -0.15) is 16.8 Å². The maximum atomic E-state index is 12.4. The first-order chi connectivity index (χ1) is 12.0. The molecule has 0 unspecified atom stereocenters. The standard InChI is InChI=1S/C13H8F2O7S2.C2H6/c14-23(17,18)21-11-5-1-9(2-6-11)13(16)10-3-7-12(8-4-10)22-24(15,19)20;1-2/h1-8H;1-2H3. The Labute approximate surface area is 150 Å². The number of rotatable bonds is 6. The zero-order valence-electron chi connectivity index (χ0n) is 13.5. The summed E-state index contributed by atoms with van der Waals surface area (Å²) in [4.78, 5) is 12.2. The molecule has 0 spiro atoms. The van der Waals surface area contributed by atoms with Gasteiger partial charge in [0.05, 0.1) is 0 Å². The van der Waals surface area contributed by atoms with E-state index in [0.717, 1.165) is 24.3 Å². The van der Waals surface area contributed by atoms with Crippen molar-refractivity contribution in [1.29, 1.82) is 0 Å². The van der Waals surface area contributed by atoms with Crippen LogP contribution in [0.25, 0.3) is 0 Å². The molecule has 11 heteroatoms. The van der Waals surface area contributed by atoms with Crippen LogP contribution in [0.3, 0.4) is 0 Å². The molecule has 0 heterocycles. The Hall–Kier alpha value is -2.53. The minimum absolute atomic E-state index is 0.130. The molecular formula is C15H14F2O7S2. The van der Waals surface area contributed by atoms with E-state index in [1.54, 1.807) is 0 Å². The molecule has 2 rings (SSSR count). The average molecular weight is 408 g/mol. The average Bonchev–Trinajstić information content (AvgIpc) is 2.54. The van der Waals surface area contributed by atoms with Crippen LogP contribution in [0.2, 0.25) is 0 Å². The van der Waals surface area contributed by atoms with Gasteiger partial charge in [-0.25, -0.2) is 0 Å². The fourth-order valence-electron chi connectivity index (χ4n) is 1.72. The number of hydrogen-bond acceptors (Lipinski definition) is 7. The Bertz CT molecular complexity index is 873. The number of halogens is 2. The van der Waals surface area contributed by atoms with E-state index in [1.165, 1.54) is 24.3 Å². The van der Waals surface area contributed by atoms with Crippen molar-refractivity contribution in [1.82, 2.24) is 0 Å². The SMILES string of the molecule is CC.O=C(c1ccc(OS(=O)(=O)F)cc1)c1ccc(OS(=O)(=O)F)cc1. The third-order valence-corrected chi connectivity index (χ3v) is 3.41. The topological polar surface area (TPSA) is 104 Å². The minimum atomic E-state index is -5.16. The summed E-state index contributed by atoms with van der Waals surface area (Å²) in [6.45, 7) is 4.00. The fourth-order valence-corrected chi connectivity index (χ4v) is 2.40. The van der Waals surface area contributed by atoms with Crippen molar-refractivity contribution in [3.8, 4) is 11.5 Å². The Kier molecular flexibility index (Phi) is 7.21. The van der Waals surface area contributed by atoms with Crippen molar-refractivity contribution >= 4 is 26.8 Å².